The Hall–Kier alpha value is -3.26. The summed E-state index contributed by atoms with van der Waals surface area (Å²) >= 11 is 1.23. The van der Waals surface area contributed by atoms with Gasteiger partial charge in [-0.05, 0) is 49.6 Å². The maximum Gasteiger partial charge on any atom is 0.277 e. The maximum atomic E-state index is 12.3. The molecule has 158 valence electrons. The zero-order valence-electron chi connectivity index (χ0n) is 17.0. The first kappa shape index (κ1) is 19.7. The summed E-state index contributed by atoms with van der Waals surface area (Å²) in [6.07, 6.45) is 5.65. The summed E-state index contributed by atoms with van der Waals surface area (Å²) in [6, 6.07) is 16.0. The van der Waals surface area contributed by atoms with Gasteiger partial charge in [0.05, 0.1) is 11.3 Å². The lowest BCUT2D eigenvalue weighted by atomic mass is 10.1. The van der Waals surface area contributed by atoms with E-state index in [1.54, 1.807) is 0 Å². The quantitative estimate of drug-likeness (QED) is 0.419. The molecule has 3 heterocycles. The van der Waals surface area contributed by atoms with Crippen molar-refractivity contribution in [2.24, 2.45) is 0 Å². The van der Waals surface area contributed by atoms with E-state index >= 15 is 0 Å². The average molecular weight is 434 g/mol. The average Bonchev–Trinajstić information content (AvgIpc) is 3.46. The van der Waals surface area contributed by atoms with Crippen LogP contribution in [-0.2, 0) is 4.79 Å². The molecular weight excluding hydrogens is 410 g/mol. The SMILES string of the molecule is O=C(CSc1nnc(-c2c[nH]c3ccccc23)o1)Nc1ccc(N2CCCCC2)cc1. The van der Waals surface area contributed by atoms with Gasteiger partial charge in [0.25, 0.3) is 11.1 Å². The minimum Gasteiger partial charge on any atom is -0.411 e. The molecule has 1 aliphatic heterocycles. The molecule has 0 atom stereocenters. The second-order valence-corrected chi connectivity index (χ2v) is 8.48. The number of hydrogen-bond acceptors (Lipinski definition) is 6. The normalized spacial score (nSPS) is 14.1. The lowest BCUT2D eigenvalue weighted by Gasteiger charge is -2.28. The van der Waals surface area contributed by atoms with E-state index < -0.39 is 0 Å². The largest absolute Gasteiger partial charge is 0.411 e. The van der Waals surface area contributed by atoms with Crippen LogP contribution in [0, 0.1) is 0 Å². The molecule has 2 N–H and O–H groups in total. The van der Waals surface area contributed by atoms with Gasteiger partial charge in [0.1, 0.15) is 0 Å². The number of carbonyl (C=O) groups excluding carboxylic acids is 1. The van der Waals surface area contributed by atoms with Gasteiger partial charge in [-0.25, -0.2) is 0 Å². The minimum absolute atomic E-state index is 0.109. The maximum absolute atomic E-state index is 12.3. The molecule has 0 spiro atoms. The van der Waals surface area contributed by atoms with Crippen LogP contribution >= 0.6 is 11.8 Å². The number of aromatic nitrogens is 3. The summed E-state index contributed by atoms with van der Waals surface area (Å²) in [5.41, 5.74) is 3.86. The first-order valence-corrected chi connectivity index (χ1v) is 11.4. The number of piperidine rings is 1. The van der Waals surface area contributed by atoms with Crippen LogP contribution in [0.3, 0.4) is 0 Å². The number of hydrogen-bond donors (Lipinski definition) is 2. The molecule has 2 aromatic heterocycles. The van der Waals surface area contributed by atoms with Gasteiger partial charge in [-0.15, -0.1) is 10.2 Å². The van der Waals surface area contributed by atoms with E-state index in [-0.39, 0.29) is 11.7 Å². The highest BCUT2D eigenvalue weighted by Gasteiger charge is 2.15. The molecule has 1 fully saturated rings. The molecule has 31 heavy (non-hydrogen) atoms. The van der Waals surface area contributed by atoms with E-state index in [1.807, 2.05) is 42.6 Å². The van der Waals surface area contributed by atoms with Crippen molar-refractivity contribution in [3.8, 4) is 11.5 Å². The fourth-order valence-corrected chi connectivity index (χ4v) is 4.42. The van der Waals surface area contributed by atoms with E-state index in [4.69, 9.17) is 4.42 Å². The highest BCUT2D eigenvalue weighted by Crippen LogP contribution is 2.29. The Morgan fingerprint density at radius 2 is 1.87 bits per heavy atom. The Balaban J connectivity index is 1.17. The standard InChI is InChI=1S/C23H23N5O2S/c29-21(25-16-8-10-17(11-9-16)28-12-4-1-5-13-28)15-31-23-27-26-22(30-23)19-14-24-20-7-3-2-6-18(19)20/h2-3,6-11,14,24H,1,4-5,12-13,15H2,(H,25,29). The predicted octanol–water partition coefficient (Wildman–Crippen LogP) is 4.94. The second-order valence-electron chi connectivity index (χ2n) is 7.55. The third kappa shape index (κ3) is 4.44. The second kappa shape index (κ2) is 8.85. The summed E-state index contributed by atoms with van der Waals surface area (Å²) in [5, 5.41) is 12.5. The molecule has 0 unspecified atom stereocenters. The summed E-state index contributed by atoms with van der Waals surface area (Å²) in [5.74, 6) is 0.528. The third-order valence-corrected chi connectivity index (χ3v) is 6.24. The highest BCUT2D eigenvalue weighted by molar-refractivity contribution is 7.99. The van der Waals surface area contributed by atoms with Crippen molar-refractivity contribution < 1.29 is 9.21 Å². The Bertz CT molecular complexity index is 1180. The lowest BCUT2D eigenvalue weighted by Crippen LogP contribution is -2.29. The van der Waals surface area contributed by atoms with E-state index in [0.29, 0.717) is 11.1 Å². The monoisotopic (exact) mass is 433 g/mol. The Morgan fingerprint density at radius 3 is 2.71 bits per heavy atom. The number of thioether (sulfide) groups is 1. The van der Waals surface area contributed by atoms with Gasteiger partial charge in [0, 0.05) is 41.6 Å². The number of nitrogens with one attached hydrogen (secondary N) is 2. The van der Waals surface area contributed by atoms with Crippen LogP contribution in [0.5, 0.6) is 0 Å². The molecule has 0 aliphatic carbocycles. The molecule has 0 radical (unpaired) electrons. The zero-order chi connectivity index (χ0) is 21.0. The molecule has 4 aromatic rings. The molecule has 5 rings (SSSR count). The van der Waals surface area contributed by atoms with Crippen molar-refractivity contribution in [2.75, 3.05) is 29.1 Å². The Labute approximate surface area is 184 Å². The zero-order valence-corrected chi connectivity index (χ0v) is 17.8. The number of benzene rings is 2. The number of rotatable bonds is 6. The van der Waals surface area contributed by atoms with Crippen molar-refractivity contribution >= 4 is 39.9 Å². The van der Waals surface area contributed by atoms with Crippen LogP contribution in [-0.4, -0.2) is 39.9 Å². The van der Waals surface area contributed by atoms with Crippen molar-refractivity contribution in [3.63, 3.8) is 0 Å². The van der Waals surface area contributed by atoms with E-state index in [0.717, 1.165) is 35.2 Å². The van der Waals surface area contributed by atoms with Gasteiger partial charge in [0.2, 0.25) is 5.91 Å². The smallest absolute Gasteiger partial charge is 0.277 e. The van der Waals surface area contributed by atoms with Crippen LogP contribution in [0.15, 0.2) is 64.4 Å². The van der Waals surface area contributed by atoms with Gasteiger partial charge in [-0.2, -0.15) is 0 Å². The molecule has 1 saturated heterocycles. The first-order chi connectivity index (χ1) is 15.3. The van der Waals surface area contributed by atoms with Crippen molar-refractivity contribution in [1.29, 1.82) is 0 Å². The van der Waals surface area contributed by atoms with Crippen LogP contribution < -0.4 is 10.2 Å². The third-order valence-electron chi connectivity index (χ3n) is 5.43. The van der Waals surface area contributed by atoms with Crippen LogP contribution in [0.25, 0.3) is 22.4 Å². The van der Waals surface area contributed by atoms with Crippen LogP contribution in [0.2, 0.25) is 0 Å². The van der Waals surface area contributed by atoms with Crippen LogP contribution in [0.1, 0.15) is 19.3 Å². The number of carbonyl (C=O) groups is 1. The highest BCUT2D eigenvalue weighted by atomic mass is 32.2. The van der Waals surface area contributed by atoms with Gasteiger partial charge in [-0.1, -0.05) is 30.0 Å². The predicted molar refractivity (Wildman–Crippen MR) is 123 cm³/mol. The number of para-hydroxylation sites is 1. The van der Waals surface area contributed by atoms with Crippen molar-refractivity contribution in [2.45, 2.75) is 24.5 Å². The van der Waals surface area contributed by atoms with Crippen LogP contribution in [0.4, 0.5) is 11.4 Å². The van der Waals surface area contributed by atoms with E-state index in [1.165, 1.54) is 36.7 Å². The van der Waals surface area contributed by atoms with Crippen molar-refractivity contribution in [1.82, 2.24) is 15.2 Å². The first-order valence-electron chi connectivity index (χ1n) is 10.4. The molecule has 1 aliphatic rings. The molecule has 1 amide bonds. The molecule has 7 nitrogen and oxygen atoms in total. The summed E-state index contributed by atoms with van der Waals surface area (Å²) in [6.45, 7) is 2.21. The molecular formula is C23H23N5O2S. The molecule has 8 heteroatoms. The van der Waals surface area contributed by atoms with E-state index in [9.17, 15) is 4.79 Å². The molecule has 0 bridgehead atoms. The van der Waals surface area contributed by atoms with Gasteiger partial charge in [-0.3, -0.25) is 4.79 Å². The van der Waals surface area contributed by atoms with Gasteiger partial charge >= 0.3 is 0 Å². The number of nitrogens with zero attached hydrogens (tertiary/aromatic N) is 3. The molecule has 2 aromatic carbocycles. The number of amides is 1. The van der Waals surface area contributed by atoms with E-state index in [2.05, 4.69) is 37.5 Å². The number of anilines is 2. The minimum atomic E-state index is -0.109. The molecule has 0 saturated carbocycles. The summed E-state index contributed by atoms with van der Waals surface area (Å²) in [7, 11) is 0. The number of fused-ring (bicyclic) bond motifs is 1. The fraction of sp³-hybridized carbons (Fsp3) is 0.261. The fourth-order valence-electron chi connectivity index (χ4n) is 3.86. The van der Waals surface area contributed by atoms with Gasteiger partial charge in [0.15, 0.2) is 0 Å². The van der Waals surface area contributed by atoms with Gasteiger partial charge < -0.3 is 19.6 Å². The topological polar surface area (TPSA) is 87.0 Å². The summed E-state index contributed by atoms with van der Waals surface area (Å²) < 4.78 is 5.75. The number of H-pyrrole nitrogens is 1. The number of aromatic amines is 1. The lowest BCUT2D eigenvalue weighted by molar-refractivity contribution is -0.113. The summed E-state index contributed by atoms with van der Waals surface area (Å²) in [4.78, 5) is 17.9. The Kier molecular flexibility index (Phi) is 5.62. The Morgan fingerprint density at radius 1 is 1.06 bits per heavy atom. The van der Waals surface area contributed by atoms with Crippen molar-refractivity contribution in [3.05, 3.63) is 54.7 Å².